The molecular formula is C17H38O2Si2. The Balaban J connectivity index is 6.41. The number of hydrogen-bond donors (Lipinski definition) is 1. The van der Waals surface area contributed by atoms with Gasteiger partial charge in [-0.05, 0) is 29.1 Å². The van der Waals surface area contributed by atoms with Crippen LogP contribution in [0.2, 0.25) is 41.4 Å². The monoisotopic (exact) mass is 330 g/mol. The molecule has 1 N–H and O–H groups in total. The summed E-state index contributed by atoms with van der Waals surface area (Å²) in [6, 6.07) is 0. The van der Waals surface area contributed by atoms with Crippen molar-refractivity contribution in [1.82, 2.24) is 0 Å². The van der Waals surface area contributed by atoms with E-state index in [1.807, 2.05) is 13.8 Å². The minimum atomic E-state index is -1.80. The van der Waals surface area contributed by atoms with Gasteiger partial charge in [-0.15, -0.1) is 0 Å². The van der Waals surface area contributed by atoms with Gasteiger partial charge < -0.3 is 5.11 Å². The van der Waals surface area contributed by atoms with Crippen molar-refractivity contribution in [1.29, 1.82) is 0 Å². The lowest BCUT2D eigenvalue weighted by Crippen LogP contribution is -2.62. The Morgan fingerprint density at radius 2 is 1.00 bits per heavy atom. The van der Waals surface area contributed by atoms with E-state index in [4.69, 9.17) is 0 Å². The molecule has 0 saturated heterocycles. The average Bonchev–Trinajstić information content (AvgIpc) is 2.11. The number of carboxylic acids is 1. The zero-order valence-corrected chi connectivity index (χ0v) is 18.4. The molecule has 0 bridgehead atoms. The lowest BCUT2D eigenvalue weighted by Gasteiger charge is -2.58. The number of aliphatic carboxylic acids is 1. The van der Waals surface area contributed by atoms with Gasteiger partial charge in [-0.25, -0.2) is 0 Å². The van der Waals surface area contributed by atoms with Gasteiger partial charge in [-0.1, -0.05) is 67.7 Å². The Morgan fingerprint density at radius 1 is 0.762 bits per heavy atom. The SMILES string of the molecule is CC(C)(C(=O)O)C([Si](C)(C)C(C)(C)C)[Si](C)(C)C(C)(C)C. The van der Waals surface area contributed by atoms with Crippen LogP contribution >= 0.6 is 0 Å². The third-order valence-electron chi connectivity index (χ3n) is 6.58. The van der Waals surface area contributed by atoms with Crippen LogP contribution in [0.15, 0.2) is 0 Å². The molecule has 0 spiro atoms. The molecule has 0 saturated carbocycles. The number of carbonyl (C=O) groups is 1. The minimum Gasteiger partial charge on any atom is -0.481 e. The Labute approximate surface area is 134 Å². The maximum absolute atomic E-state index is 12.1. The van der Waals surface area contributed by atoms with Gasteiger partial charge in [-0.3, -0.25) is 4.79 Å². The molecule has 0 aliphatic rings. The molecule has 0 aromatic carbocycles. The van der Waals surface area contributed by atoms with E-state index >= 15 is 0 Å². The number of carboxylic acid groups (broad SMARTS) is 1. The predicted molar refractivity (Wildman–Crippen MR) is 99.6 cm³/mol. The third kappa shape index (κ3) is 3.63. The van der Waals surface area contributed by atoms with Crippen LogP contribution in [0.25, 0.3) is 0 Å². The van der Waals surface area contributed by atoms with Crippen molar-refractivity contribution in [3.63, 3.8) is 0 Å². The van der Waals surface area contributed by atoms with E-state index in [2.05, 4.69) is 67.7 Å². The van der Waals surface area contributed by atoms with Gasteiger partial charge in [0.1, 0.15) is 0 Å². The van der Waals surface area contributed by atoms with E-state index in [0.29, 0.717) is 5.16 Å². The Morgan fingerprint density at radius 3 is 1.14 bits per heavy atom. The Hall–Kier alpha value is -0.0962. The highest BCUT2D eigenvalue weighted by Crippen LogP contribution is 2.59. The van der Waals surface area contributed by atoms with Crippen molar-refractivity contribution in [3.05, 3.63) is 0 Å². The fourth-order valence-corrected chi connectivity index (χ4v) is 19.1. The van der Waals surface area contributed by atoms with Crippen molar-refractivity contribution in [2.45, 2.75) is 96.8 Å². The fraction of sp³-hybridized carbons (Fsp3) is 0.941. The van der Waals surface area contributed by atoms with Crippen molar-refractivity contribution in [3.8, 4) is 0 Å². The van der Waals surface area contributed by atoms with Gasteiger partial charge in [0, 0.05) is 0 Å². The maximum atomic E-state index is 12.1. The van der Waals surface area contributed by atoms with Crippen molar-refractivity contribution >= 4 is 22.1 Å². The lowest BCUT2D eigenvalue weighted by molar-refractivity contribution is -0.146. The molecule has 0 amide bonds. The second-order valence-electron chi connectivity index (χ2n) is 10.4. The molecule has 4 heteroatoms. The smallest absolute Gasteiger partial charge is 0.308 e. The van der Waals surface area contributed by atoms with E-state index in [1.165, 1.54) is 0 Å². The van der Waals surface area contributed by atoms with E-state index in [9.17, 15) is 9.90 Å². The summed E-state index contributed by atoms with van der Waals surface area (Å²) in [5.41, 5.74) is -0.661. The first-order valence-corrected chi connectivity index (χ1v) is 14.2. The van der Waals surface area contributed by atoms with Gasteiger partial charge >= 0.3 is 5.97 Å². The summed E-state index contributed by atoms with van der Waals surface area (Å²) in [6.45, 7) is 27.4. The average molecular weight is 331 g/mol. The number of hydrogen-bond acceptors (Lipinski definition) is 1. The molecule has 0 aromatic heterocycles. The van der Waals surface area contributed by atoms with Crippen LogP contribution < -0.4 is 0 Å². The van der Waals surface area contributed by atoms with Crippen LogP contribution in [0.3, 0.4) is 0 Å². The van der Waals surface area contributed by atoms with Crippen molar-refractivity contribution in [2.75, 3.05) is 0 Å². The predicted octanol–water partition coefficient (Wildman–Crippen LogP) is 6.02. The first kappa shape index (κ1) is 20.9. The molecule has 0 fully saturated rings. The second-order valence-corrected chi connectivity index (χ2v) is 22.0. The lowest BCUT2D eigenvalue weighted by atomic mass is 9.96. The molecule has 0 unspecified atom stereocenters. The number of rotatable bonds is 4. The largest absolute Gasteiger partial charge is 0.481 e. The highest BCUT2D eigenvalue weighted by atomic mass is 28.4. The molecule has 21 heavy (non-hydrogen) atoms. The van der Waals surface area contributed by atoms with E-state index < -0.39 is 27.5 Å². The first-order chi connectivity index (χ1) is 8.81. The normalized spacial score (nSPS) is 15.5. The molecule has 0 aliphatic heterocycles. The summed E-state index contributed by atoms with van der Waals surface area (Å²) in [4.78, 5) is 12.1. The zero-order chi connectivity index (χ0) is 17.7. The topological polar surface area (TPSA) is 37.3 Å². The molecule has 0 aromatic rings. The summed E-state index contributed by atoms with van der Waals surface area (Å²) in [6.07, 6.45) is 0. The van der Waals surface area contributed by atoms with Gasteiger partial charge in [0.2, 0.25) is 0 Å². The van der Waals surface area contributed by atoms with Crippen LogP contribution in [0.4, 0.5) is 0 Å². The van der Waals surface area contributed by atoms with Crippen molar-refractivity contribution < 1.29 is 9.90 Å². The molecule has 0 heterocycles. The van der Waals surface area contributed by atoms with Gasteiger partial charge in [0.15, 0.2) is 0 Å². The molecule has 0 atom stereocenters. The van der Waals surface area contributed by atoms with Crippen LogP contribution in [0.5, 0.6) is 0 Å². The molecule has 0 aliphatic carbocycles. The molecule has 0 radical (unpaired) electrons. The first-order valence-electron chi connectivity index (χ1n) is 8.04. The Bertz CT molecular complexity index is 370. The second kappa shape index (κ2) is 5.52. The Kier molecular flexibility index (Phi) is 5.49. The fourth-order valence-electron chi connectivity index (χ4n) is 3.70. The zero-order valence-electron chi connectivity index (χ0n) is 16.4. The highest BCUT2D eigenvalue weighted by Gasteiger charge is 2.60. The highest BCUT2D eigenvalue weighted by molar-refractivity contribution is 7.00. The standard InChI is InChI=1S/C17H38O2Si2/c1-15(2,3)20(9,10)14(17(7,8)13(18)19)21(11,12)16(4,5)6/h14H,1-12H3,(H,18,19). The van der Waals surface area contributed by atoms with E-state index in [-0.39, 0.29) is 10.1 Å². The molecule has 0 rings (SSSR count). The summed E-state index contributed by atoms with van der Waals surface area (Å²) >= 11 is 0. The van der Waals surface area contributed by atoms with Crippen LogP contribution in [0.1, 0.15) is 55.4 Å². The quantitative estimate of drug-likeness (QED) is 0.639. The summed E-state index contributed by atoms with van der Waals surface area (Å²) < 4.78 is 0. The van der Waals surface area contributed by atoms with Gasteiger partial charge in [0.25, 0.3) is 0 Å². The summed E-state index contributed by atoms with van der Waals surface area (Å²) in [5.74, 6) is -0.637. The van der Waals surface area contributed by atoms with Gasteiger partial charge in [0.05, 0.1) is 21.6 Å². The van der Waals surface area contributed by atoms with Crippen LogP contribution in [-0.4, -0.2) is 27.2 Å². The van der Waals surface area contributed by atoms with Crippen LogP contribution in [-0.2, 0) is 4.79 Å². The molecule has 2 nitrogen and oxygen atoms in total. The summed E-state index contributed by atoms with van der Waals surface area (Å²) in [5, 5.41) is 10.6. The van der Waals surface area contributed by atoms with Gasteiger partial charge in [-0.2, -0.15) is 0 Å². The minimum absolute atomic E-state index is 0.194. The molecular weight excluding hydrogens is 292 g/mol. The molecule has 126 valence electrons. The maximum Gasteiger partial charge on any atom is 0.308 e. The third-order valence-corrected chi connectivity index (χ3v) is 23.0. The van der Waals surface area contributed by atoms with E-state index in [1.54, 1.807) is 0 Å². The van der Waals surface area contributed by atoms with Crippen molar-refractivity contribution in [2.24, 2.45) is 5.41 Å². The van der Waals surface area contributed by atoms with E-state index in [0.717, 1.165) is 0 Å². The van der Waals surface area contributed by atoms with Crippen LogP contribution in [0, 0.1) is 5.41 Å². The summed E-state index contributed by atoms with van der Waals surface area (Å²) in [7, 11) is -3.59.